The van der Waals surface area contributed by atoms with E-state index in [9.17, 15) is 4.39 Å². The smallest absolute Gasteiger partial charge is 0.139 e. The summed E-state index contributed by atoms with van der Waals surface area (Å²) in [6.45, 7) is 1.49. The van der Waals surface area contributed by atoms with Gasteiger partial charge in [0.25, 0.3) is 0 Å². The minimum absolute atomic E-state index is 0.233. The third kappa shape index (κ3) is 2.28. The summed E-state index contributed by atoms with van der Waals surface area (Å²) in [4.78, 5) is 4.27. The van der Waals surface area contributed by atoms with Crippen LogP contribution < -0.4 is 5.73 Å². The number of hydrogen-bond donors (Lipinski definition) is 1. The summed E-state index contributed by atoms with van der Waals surface area (Å²) in [5.41, 5.74) is 6.39. The van der Waals surface area contributed by atoms with Crippen LogP contribution in [0.25, 0.3) is 11.4 Å². The zero-order valence-corrected chi connectivity index (χ0v) is 8.94. The van der Waals surface area contributed by atoms with Gasteiger partial charge in [-0.05, 0) is 37.2 Å². The van der Waals surface area contributed by atoms with Crippen LogP contribution in [0.2, 0.25) is 0 Å². The number of aromatic nitrogens is 2. The Morgan fingerprint density at radius 3 is 2.69 bits per heavy atom. The van der Waals surface area contributed by atoms with E-state index in [-0.39, 0.29) is 5.82 Å². The van der Waals surface area contributed by atoms with Gasteiger partial charge in [0.2, 0.25) is 0 Å². The van der Waals surface area contributed by atoms with Crippen LogP contribution in [0.15, 0.2) is 36.7 Å². The molecule has 4 heteroatoms. The average Bonchev–Trinajstić information content (AvgIpc) is 2.75. The molecule has 3 nitrogen and oxygen atoms in total. The van der Waals surface area contributed by atoms with Gasteiger partial charge in [-0.1, -0.05) is 0 Å². The Labute approximate surface area is 93.7 Å². The summed E-state index contributed by atoms with van der Waals surface area (Å²) >= 11 is 0. The molecule has 2 aromatic rings. The SMILES string of the molecule is NCCCn1ccnc1-c1ccc(F)cc1. The van der Waals surface area contributed by atoms with E-state index in [0.29, 0.717) is 6.54 Å². The molecule has 0 aliphatic rings. The predicted molar refractivity (Wildman–Crippen MR) is 61.3 cm³/mol. The van der Waals surface area contributed by atoms with Crippen LogP contribution in [0.3, 0.4) is 0 Å². The molecule has 0 atom stereocenters. The first-order chi connectivity index (χ1) is 7.81. The molecule has 0 spiro atoms. The molecule has 0 radical (unpaired) electrons. The molecule has 0 fully saturated rings. The van der Waals surface area contributed by atoms with Gasteiger partial charge in [-0.3, -0.25) is 0 Å². The first kappa shape index (κ1) is 10.8. The lowest BCUT2D eigenvalue weighted by molar-refractivity contribution is 0.627. The van der Waals surface area contributed by atoms with Crippen molar-refractivity contribution in [2.45, 2.75) is 13.0 Å². The molecule has 0 aliphatic heterocycles. The Balaban J connectivity index is 2.26. The summed E-state index contributed by atoms with van der Waals surface area (Å²) < 4.78 is 14.8. The Kier molecular flexibility index (Phi) is 3.31. The Hall–Kier alpha value is -1.68. The van der Waals surface area contributed by atoms with Crippen molar-refractivity contribution in [2.75, 3.05) is 6.54 Å². The molecular formula is C12H14FN3. The molecule has 2 N–H and O–H groups in total. The second kappa shape index (κ2) is 4.90. The minimum Gasteiger partial charge on any atom is -0.331 e. The molecule has 2 rings (SSSR count). The van der Waals surface area contributed by atoms with Crippen molar-refractivity contribution in [3.8, 4) is 11.4 Å². The van der Waals surface area contributed by atoms with Crippen molar-refractivity contribution in [3.05, 3.63) is 42.5 Å². The number of aryl methyl sites for hydroxylation is 1. The summed E-state index contributed by atoms with van der Waals surface area (Å²) in [6.07, 6.45) is 4.56. The van der Waals surface area contributed by atoms with Crippen LogP contribution in [-0.2, 0) is 6.54 Å². The summed E-state index contributed by atoms with van der Waals surface area (Å²) in [5, 5.41) is 0. The molecular weight excluding hydrogens is 205 g/mol. The maximum absolute atomic E-state index is 12.8. The average molecular weight is 219 g/mol. The van der Waals surface area contributed by atoms with Crippen molar-refractivity contribution in [3.63, 3.8) is 0 Å². The summed E-state index contributed by atoms with van der Waals surface area (Å²) in [7, 11) is 0. The predicted octanol–water partition coefficient (Wildman–Crippen LogP) is 2.04. The molecule has 16 heavy (non-hydrogen) atoms. The van der Waals surface area contributed by atoms with Gasteiger partial charge in [0, 0.05) is 24.5 Å². The third-order valence-corrected chi connectivity index (χ3v) is 2.42. The van der Waals surface area contributed by atoms with Crippen LogP contribution in [0, 0.1) is 5.82 Å². The lowest BCUT2D eigenvalue weighted by Crippen LogP contribution is -2.06. The van der Waals surface area contributed by atoms with Gasteiger partial charge in [-0.25, -0.2) is 9.37 Å². The fourth-order valence-corrected chi connectivity index (χ4v) is 1.61. The number of benzene rings is 1. The van der Waals surface area contributed by atoms with Gasteiger partial charge in [-0.2, -0.15) is 0 Å². The topological polar surface area (TPSA) is 43.8 Å². The molecule has 0 saturated carbocycles. The van der Waals surface area contributed by atoms with Crippen LogP contribution in [-0.4, -0.2) is 16.1 Å². The number of imidazole rings is 1. The minimum atomic E-state index is -0.233. The van der Waals surface area contributed by atoms with Gasteiger partial charge in [-0.15, -0.1) is 0 Å². The lowest BCUT2D eigenvalue weighted by atomic mass is 10.2. The van der Waals surface area contributed by atoms with Crippen molar-refractivity contribution < 1.29 is 4.39 Å². The standard InChI is InChI=1S/C12H14FN3/c13-11-4-2-10(3-5-11)12-15-7-9-16(12)8-1-6-14/h2-5,7,9H,1,6,8,14H2. The molecule has 1 aromatic carbocycles. The highest BCUT2D eigenvalue weighted by Gasteiger charge is 2.05. The maximum Gasteiger partial charge on any atom is 0.139 e. The fraction of sp³-hybridized carbons (Fsp3) is 0.250. The molecule has 0 saturated heterocycles. The van der Waals surface area contributed by atoms with Gasteiger partial charge >= 0.3 is 0 Å². The zero-order valence-electron chi connectivity index (χ0n) is 8.94. The zero-order chi connectivity index (χ0) is 11.4. The van der Waals surface area contributed by atoms with Crippen LogP contribution in [0.1, 0.15) is 6.42 Å². The van der Waals surface area contributed by atoms with E-state index in [1.54, 1.807) is 18.3 Å². The van der Waals surface area contributed by atoms with E-state index in [4.69, 9.17) is 5.73 Å². The maximum atomic E-state index is 12.8. The molecule has 0 bridgehead atoms. The van der Waals surface area contributed by atoms with Crippen molar-refractivity contribution in [2.24, 2.45) is 5.73 Å². The molecule has 0 amide bonds. The highest BCUT2D eigenvalue weighted by atomic mass is 19.1. The number of rotatable bonds is 4. The molecule has 0 aliphatic carbocycles. The Morgan fingerprint density at radius 2 is 2.00 bits per heavy atom. The highest BCUT2D eigenvalue weighted by molar-refractivity contribution is 5.55. The van der Waals surface area contributed by atoms with Crippen LogP contribution in [0.5, 0.6) is 0 Å². The summed E-state index contributed by atoms with van der Waals surface area (Å²) in [5.74, 6) is 0.622. The van der Waals surface area contributed by atoms with E-state index < -0.39 is 0 Å². The van der Waals surface area contributed by atoms with Crippen molar-refractivity contribution >= 4 is 0 Å². The molecule has 0 unspecified atom stereocenters. The molecule has 1 heterocycles. The number of hydrogen-bond acceptors (Lipinski definition) is 2. The quantitative estimate of drug-likeness (QED) is 0.855. The second-order valence-corrected chi connectivity index (χ2v) is 3.59. The van der Waals surface area contributed by atoms with Crippen LogP contribution in [0.4, 0.5) is 4.39 Å². The van der Waals surface area contributed by atoms with E-state index in [0.717, 1.165) is 24.4 Å². The van der Waals surface area contributed by atoms with Gasteiger partial charge < -0.3 is 10.3 Å². The Bertz CT molecular complexity index is 448. The van der Waals surface area contributed by atoms with Crippen molar-refractivity contribution in [1.29, 1.82) is 0 Å². The first-order valence-electron chi connectivity index (χ1n) is 5.28. The number of nitrogens with two attached hydrogens (primary N) is 1. The highest BCUT2D eigenvalue weighted by Crippen LogP contribution is 2.17. The number of nitrogens with zero attached hydrogens (tertiary/aromatic N) is 2. The van der Waals surface area contributed by atoms with E-state index >= 15 is 0 Å². The van der Waals surface area contributed by atoms with Gasteiger partial charge in [0.1, 0.15) is 11.6 Å². The van der Waals surface area contributed by atoms with Gasteiger partial charge in [0.15, 0.2) is 0 Å². The molecule has 1 aromatic heterocycles. The second-order valence-electron chi connectivity index (χ2n) is 3.59. The van der Waals surface area contributed by atoms with E-state index in [1.807, 2.05) is 10.8 Å². The number of halogens is 1. The van der Waals surface area contributed by atoms with E-state index in [2.05, 4.69) is 4.98 Å². The van der Waals surface area contributed by atoms with Crippen molar-refractivity contribution in [1.82, 2.24) is 9.55 Å². The van der Waals surface area contributed by atoms with Gasteiger partial charge in [0.05, 0.1) is 0 Å². The summed E-state index contributed by atoms with van der Waals surface area (Å²) in [6, 6.07) is 6.35. The first-order valence-corrected chi connectivity index (χ1v) is 5.28. The van der Waals surface area contributed by atoms with Crippen LogP contribution >= 0.6 is 0 Å². The monoisotopic (exact) mass is 219 g/mol. The lowest BCUT2D eigenvalue weighted by Gasteiger charge is -2.06. The normalized spacial score (nSPS) is 10.6. The third-order valence-electron chi connectivity index (χ3n) is 2.42. The largest absolute Gasteiger partial charge is 0.331 e. The fourth-order valence-electron chi connectivity index (χ4n) is 1.61. The van der Waals surface area contributed by atoms with E-state index in [1.165, 1.54) is 12.1 Å². The molecule has 84 valence electrons. The Morgan fingerprint density at radius 1 is 1.25 bits per heavy atom.